The molecule has 0 saturated carbocycles. The molecule has 0 unspecified atom stereocenters. The first-order valence-corrected chi connectivity index (χ1v) is 6.71. The van der Waals surface area contributed by atoms with Crippen molar-refractivity contribution in [2.75, 3.05) is 26.2 Å². The van der Waals surface area contributed by atoms with Gasteiger partial charge < -0.3 is 5.32 Å². The summed E-state index contributed by atoms with van der Waals surface area (Å²) < 4.78 is 52.2. The van der Waals surface area contributed by atoms with Gasteiger partial charge in [0.15, 0.2) is 0 Å². The zero-order valence-electron chi connectivity index (χ0n) is 10.7. The summed E-state index contributed by atoms with van der Waals surface area (Å²) >= 11 is 5.65. The Morgan fingerprint density at radius 3 is 2.45 bits per heavy atom. The normalized spacial score (nSPS) is 19.1. The smallest absolute Gasteiger partial charge is 0.314 e. The minimum absolute atomic E-state index is 0.0497. The Labute approximate surface area is 119 Å². The SMILES string of the molecule is Fc1cc(Cl)ccc1[C@H](CC(F)(F)F)N1CCNCC1. The van der Waals surface area contributed by atoms with Crippen LogP contribution in [0.2, 0.25) is 5.02 Å². The van der Waals surface area contributed by atoms with Crippen LogP contribution >= 0.6 is 11.6 Å². The van der Waals surface area contributed by atoms with Gasteiger partial charge in [-0.2, -0.15) is 13.2 Å². The van der Waals surface area contributed by atoms with Crippen LogP contribution in [-0.4, -0.2) is 37.3 Å². The van der Waals surface area contributed by atoms with E-state index >= 15 is 0 Å². The van der Waals surface area contributed by atoms with Crippen molar-refractivity contribution >= 4 is 11.6 Å². The summed E-state index contributed by atoms with van der Waals surface area (Å²) in [6, 6.07) is 2.82. The van der Waals surface area contributed by atoms with Crippen molar-refractivity contribution in [3.05, 3.63) is 34.6 Å². The molecule has 1 saturated heterocycles. The van der Waals surface area contributed by atoms with Crippen molar-refractivity contribution < 1.29 is 17.6 Å². The van der Waals surface area contributed by atoms with Crippen molar-refractivity contribution in [2.45, 2.75) is 18.6 Å². The van der Waals surface area contributed by atoms with E-state index in [0.29, 0.717) is 26.2 Å². The molecule has 0 amide bonds. The minimum atomic E-state index is -4.35. The summed E-state index contributed by atoms with van der Waals surface area (Å²) in [7, 11) is 0. The van der Waals surface area contributed by atoms with Crippen LogP contribution in [0.4, 0.5) is 17.6 Å². The van der Waals surface area contributed by atoms with Gasteiger partial charge in [-0.1, -0.05) is 17.7 Å². The molecule has 1 aliphatic heterocycles. The lowest BCUT2D eigenvalue weighted by atomic mass is 10.00. The molecule has 1 aromatic rings. The molecule has 0 bridgehead atoms. The van der Waals surface area contributed by atoms with E-state index in [-0.39, 0.29) is 10.6 Å². The van der Waals surface area contributed by atoms with E-state index in [1.165, 1.54) is 12.1 Å². The number of alkyl halides is 3. The summed E-state index contributed by atoms with van der Waals surface area (Å²) in [5.74, 6) is -0.690. The minimum Gasteiger partial charge on any atom is -0.314 e. The Hall–Kier alpha value is -0.850. The number of hydrogen-bond acceptors (Lipinski definition) is 2. The lowest BCUT2D eigenvalue weighted by Gasteiger charge is -2.35. The average molecular weight is 311 g/mol. The zero-order chi connectivity index (χ0) is 14.8. The van der Waals surface area contributed by atoms with E-state index in [0.717, 1.165) is 6.07 Å². The maximum Gasteiger partial charge on any atom is 0.390 e. The van der Waals surface area contributed by atoms with Gasteiger partial charge in [-0.15, -0.1) is 0 Å². The highest BCUT2D eigenvalue weighted by Crippen LogP contribution is 2.35. The molecule has 1 N–H and O–H groups in total. The van der Waals surface area contributed by atoms with Crippen molar-refractivity contribution in [1.82, 2.24) is 10.2 Å². The second-order valence-corrected chi connectivity index (χ2v) is 5.22. The summed E-state index contributed by atoms with van der Waals surface area (Å²) in [5.41, 5.74) is 0.0497. The first kappa shape index (κ1) is 15.5. The van der Waals surface area contributed by atoms with Crippen molar-refractivity contribution in [1.29, 1.82) is 0 Å². The van der Waals surface area contributed by atoms with Crippen molar-refractivity contribution in [3.63, 3.8) is 0 Å². The fourth-order valence-electron chi connectivity index (χ4n) is 2.42. The van der Waals surface area contributed by atoms with Gasteiger partial charge in [-0.3, -0.25) is 4.90 Å². The van der Waals surface area contributed by atoms with Crippen LogP contribution in [-0.2, 0) is 0 Å². The third-order valence-electron chi connectivity index (χ3n) is 3.34. The molecule has 2 rings (SSSR count). The maximum atomic E-state index is 13.9. The molecule has 1 fully saturated rings. The van der Waals surface area contributed by atoms with Gasteiger partial charge in [0.2, 0.25) is 0 Å². The van der Waals surface area contributed by atoms with Crippen LogP contribution in [0.1, 0.15) is 18.0 Å². The number of nitrogens with zero attached hydrogens (tertiary/aromatic N) is 1. The third kappa shape index (κ3) is 4.07. The molecule has 1 aromatic carbocycles. The second-order valence-electron chi connectivity index (χ2n) is 4.79. The summed E-state index contributed by atoms with van der Waals surface area (Å²) in [6.07, 6.45) is -5.41. The fourth-order valence-corrected chi connectivity index (χ4v) is 2.58. The average Bonchev–Trinajstić information content (AvgIpc) is 2.36. The number of rotatable bonds is 3. The molecule has 0 aliphatic carbocycles. The lowest BCUT2D eigenvalue weighted by molar-refractivity contribution is -0.149. The summed E-state index contributed by atoms with van der Waals surface area (Å²) in [6.45, 7) is 2.12. The van der Waals surface area contributed by atoms with Crippen LogP contribution in [0, 0.1) is 5.82 Å². The number of hydrogen-bond donors (Lipinski definition) is 1. The molecule has 7 heteroatoms. The largest absolute Gasteiger partial charge is 0.390 e. The van der Waals surface area contributed by atoms with Crippen molar-refractivity contribution in [2.24, 2.45) is 0 Å². The molecule has 0 radical (unpaired) electrons. The molecule has 2 nitrogen and oxygen atoms in total. The van der Waals surface area contributed by atoms with Gasteiger partial charge in [-0.05, 0) is 12.1 Å². The number of nitrogens with one attached hydrogen (secondary N) is 1. The van der Waals surface area contributed by atoms with Crippen LogP contribution in [0.15, 0.2) is 18.2 Å². The molecule has 112 valence electrons. The molecule has 0 spiro atoms. The maximum absolute atomic E-state index is 13.9. The Morgan fingerprint density at radius 2 is 1.90 bits per heavy atom. The molecule has 20 heavy (non-hydrogen) atoms. The van der Waals surface area contributed by atoms with E-state index in [9.17, 15) is 17.6 Å². The predicted octanol–water partition coefficient (Wildman–Crippen LogP) is 3.38. The first-order chi connectivity index (χ1) is 9.37. The van der Waals surface area contributed by atoms with E-state index in [1.807, 2.05) is 0 Å². The molecule has 1 heterocycles. The summed E-state index contributed by atoms with van der Waals surface area (Å²) in [5, 5.41) is 3.25. The lowest BCUT2D eigenvalue weighted by Crippen LogP contribution is -2.46. The Morgan fingerprint density at radius 1 is 1.25 bits per heavy atom. The Kier molecular flexibility index (Phi) is 4.88. The third-order valence-corrected chi connectivity index (χ3v) is 3.57. The molecular formula is C13H15ClF4N2. The summed E-state index contributed by atoms with van der Waals surface area (Å²) in [4.78, 5) is 1.66. The van der Waals surface area contributed by atoms with Crippen LogP contribution in [0.5, 0.6) is 0 Å². The fraction of sp³-hybridized carbons (Fsp3) is 0.538. The quantitative estimate of drug-likeness (QED) is 0.861. The van der Waals surface area contributed by atoms with E-state index < -0.39 is 24.5 Å². The Bertz CT molecular complexity index is 458. The molecule has 0 aromatic heterocycles. The van der Waals surface area contributed by atoms with Crippen LogP contribution in [0.25, 0.3) is 0 Å². The van der Waals surface area contributed by atoms with Crippen LogP contribution in [0.3, 0.4) is 0 Å². The number of halogens is 5. The second kappa shape index (κ2) is 6.28. The van der Waals surface area contributed by atoms with E-state index in [4.69, 9.17) is 11.6 Å². The van der Waals surface area contributed by atoms with Gasteiger partial charge in [0.1, 0.15) is 5.82 Å². The zero-order valence-corrected chi connectivity index (χ0v) is 11.4. The highest BCUT2D eigenvalue weighted by molar-refractivity contribution is 6.30. The van der Waals surface area contributed by atoms with Gasteiger partial charge in [0.05, 0.1) is 6.42 Å². The van der Waals surface area contributed by atoms with E-state index in [2.05, 4.69) is 5.32 Å². The van der Waals surface area contributed by atoms with Gasteiger partial charge in [0, 0.05) is 42.8 Å². The Balaban J connectivity index is 2.29. The molecule has 1 aliphatic rings. The van der Waals surface area contributed by atoms with E-state index in [1.54, 1.807) is 4.90 Å². The van der Waals surface area contributed by atoms with Gasteiger partial charge in [-0.25, -0.2) is 4.39 Å². The first-order valence-electron chi connectivity index (χ1n) is 6.33. The van der Waals surface area contributed by atoms with Gasteiger partial charge >= 0.3 is 6.18 Å². The predicted molar refractivity (Wildman–Crippen MR) is 69.3 cm³/mol. The topological polar surface area (TPSA) is 15.3 Å². The number of piperazine rings is 1. The monoisotopic (exact) mass is 310 g/mol. The van der Waals surface area contributed by atoms with Crippen LogP contribution < -0.4 is 5.32 Å². The standard InChI is InChI=1S/C13H15ClF4N2/c14-9-1-2-10(11(15)7-9)12(8-13(16,17)18)20-5-3-19-4-6-20/h1-2,7,12,19H,3-6,8H2/t12-/m0/s1. The van der Waals surface area contributed by atoms with Gasteiger partial charge in [0.25, 0.3) is 0 Å². The van der Waals surface area contributed by atoms with Crippen molar-refractivity contribution in [3.8, 4) is 0 Å². The number of benzene rings is 1. The molecule has 1 atom stereocenters. The highest BCUT2D eigenvalue weighted by atomic mass is 35.5. The molecular weight excluding hydrogens is 296 g/mol. The highest BCUT2D eigenvalue weighted by Gasteiger charge is 2.37.